The van der Waals surface area contributed by atoms with E-state index in [1.807, 2.05) is 0 Å². The SMILES string of the molecule is CCCC(=O)N[C@H]1Cc2c(F)c(F)cc(C(=O)OCOC(=O)C(C)(C)C)c2OB1N=O. The quantitative estimate of drug-likeness (QED) is 0.300. The standard InChI is InChI=1S/C19H23BF2N2O7/c1-5-6-14(25)23-13-8-10-15(22)12(21)7-11(16(10)31-20(13)24-28)17(26)29-9-30-18(27)19(2,3)4/h7,13H,5-6,8-9H2,1-4H3,(H,23,25)/t13-/m0/s1. The number of nitrogens with one attached hydrogen (secondary N) is 1. The van der Waals surface area contributed by atoms with Crippen LogP contribution in [-0.4, -0.2) is 37.6 Å². The number of carbonyl (C=O) groups is 3. The van der Waals surface area contributed by atoms with Gasteiger partial charge in [-0.3, -0.25) is 9.59 Å². The molecule has 0 aromatic heterocycles. The van der Waals surface area contributed by atoms with E-state index in [4.69, 9.17) is 14.1 Å². The lowest BCUT2D eigenvalue weighted by molar-refractivity contribution is -0.161. The van der Waals surface area contributed by atoms with E-state index in [1.165, 1.54) is 0 Å². The molecule has 9 nitrogen and oxygen atoms in total. The molecule has 168 valence electrons. The maximum absolute atomic E-state index is 14.4. The molecule has 1 amide bonds. The largest absolute Gasteiger partial charge is 0.570 e. The van der Waals surface area contributed by atoms with E-state index < -0.39 is 66.0 Å². The normalized spacial score (nSPS) is 15.4. The summed E-state index contributed by atoms with van der Waals surface area (Å²) < 4.78 is 43.5. The Labute approximate surface area is 177 Å². The fraction of sp³-hybridized carbons (Fsp3) is 0.526. The number of nitroso groups, excluding NO2 is 1. The number of esters is 2. The van der Waals surface area contributed by atoms with Crippen LogP contribution in [-0.2, 0) is 25.5 Å². The average molecular weight is 440 g/mol. The molecule has 12 heteroatoms. The third-order valence-corrected chi connectivity index (χ3v) is 4.41. The molecule has 1 atom stereocenters. The molecule has 0 saturated carbocycles. The first-order valence-electron chi connectivity index (χ1n) is 9.63. The van der Waals surface area contributed by atoms with Crippen LogP contribution in [0, 0.1) is 22.0 Å². The molecule has 1 heterocycles. The van der Waals surface area contributed by atoms with Gasteiger partial charge in [0.05, 0.1) is 11.4 Å². The van der Waals surface area contributed by atoms with Gasteiger partial charge in [-0.25, -0.2) is 13.6 Å². The van der Waals surface area contributed by atoms with Gasteiger partial charge in [0.2, 0.25) is 12.7 Å². The zero-order chi connectivity index (χ0) is 23.3. The summed E-state index contributed by atoms with van der Waals surface area (Å²) in [5.41, 5.74) is -1.69. The fourth-order valence-electron chi connectivity index (χ4n) is 2.81. The van der Waals surface area contributed by atoms with Gasteiger partial charge in [0, 0.05) is 12.0 Å². The van der Waals surface area contributed by atoms with Crippen LogP contribution < -0.4 is 9.97 Å². The first kappa shape index (κ1) is 24.2. The second kappa shape index (κ2) is 9.84. The topological polar surface area (TPSA) is 120 Å². The Morgan fingerprint density at radius 2 is 1.97 bits per heavy atom. The highest BCUT2D eigenvalue weighted by Gasteiger charge is 2.42. The summed E-state index contributed by atoms with van der Waals surface area (Å²) in [5, 5.41) is 5.28. The minimum absolute atomic E-state index is 0.158. The number of nitrogens with zero attached hydrogens (tertiary/aromatic N) is 1. The van der Waals surface area contributed by atoms with Crippen molar-refractivity contribution in [3.63, 3.8) is 0 Å². The molecule has 0 radical (unpaired) electrons. The van der Waals surface area contributed by atoms with Gasteiger partial charge >= 0.3 is 19.0 Å². The van der Waals surface area contributed by atoms with E-state index in [0.717, 1.165) is 0 Å². The molecular weight excluding hydrogens is 417 g/mol. The summed E-state index contributed by atoms with van der Waals surface area (Å²) in [6.07, 6.45) is 0.365. The van der Waals surface area contributed by atoms with Crippen molar-refractivity contribution >= 4 is 24.9 Å². The van der Waals surface area contributed by atoms with E-state index in [1.54, 1.807) is 27.7 Å². The van der Waals surface area contributed by atoms with Crippen LogP contribution in [0.2, 0.25) is 0 Å². The van der Waals surface area contributed by atoms with Gasteiger partial charge < -0.3 is 19.4 Å². The number of halogens is 2. The van der Waals surface area contributed by atoms with Gasteiger partial charge in [0.1, 0.15) is 11.3 Å². The van der Waals surface area contributed by atoms with E-state index in [9.17, 15) is 28.1 Å². The summed E-state index contributed by atoms with van der Waals surface area (Å²) in [7, 11) is -1.47. The molecule has 1 aliphatic rings. The molecule has 0 saturated heterocycles. The molecule has 1 aromatic carbocycles. The third-order valence-electron chi connectivity index (χ3n) is 4.41. The van der Waals surface area contributed by atoms with Crippen LogP contribution in [0.1, 0.15) is 56.5 Å². The highest BCUT2D eigenvalue weighted by molar-refractivity contribution is 6.53. The lowest BCUT2D eigenvalue weighted by Crippen LogP contribution is -2.52. The number of ether oxygens (including phenoxy) is 2. The highest BCUT2D eigenvalue weighted by atomic mass is 19.2. The molecule has 31 heavy (non-hydrogen) atoms. The predicted molar refractivity (Wildman–Crippen MR) is 105 cm³/mol. The third kappa shape index (κ3) is 5.77. The van der Waals surface area contributed by atoms with E-state index in [-0.39, 0.29) is 18.4 Å². The summed E-state index contributed by atoms with van der Waals surface area (Å²) in [6.45, 7) is 5.80. The number of carbonyl (C=O) groups excluding carboxylic acids is 3. The van der Waals surface area contributed by atoms with Gasteiger partial charge in [-0.1, -0.05) is 12.0 Å². The van der Waals surface area contributed by atoms with Gasteiger partial charge in [0.25, 0.3) is 0 Å². The minimum atomic E-state index is -1.47. The van der Waals surface area contributed by atoms with Crippen molar-refractivity contribution in [2.24, 2.45) is 10.5 Å². The Hall–Kier alpha value is -3.05. The Morgan fingerprint density at radius 3 is 2.55 bits per heavy atom. The zero-order valence-corrected chi connectivity index (χ0v) is 17.6. The van der Waals surface area contributed by atoms with Crippen molar-refractivity contribution < 1.29 is 37.3 Å². The van der Waals surface area contributed by atoms with Crippen LogP contribution in [0.3, 0.4) is 0 Å². The van der Waals surface area contributed by atoms with E-state index in [0.29, 0.717) is 12.5 Å². The minimum Gasteiger partial charge on any atom is -0.536 e. The Bertz CT molecular complexity index is 889. The molecule has 0 unspecified atom stereocenters. The maximum Gasteiger partial charge on any atom is 0.570 e. The van der Waals surface area contributed by atoms with Crippen LogP contribution in [0.25, 0.3) is 0 Å². The lowest BCUT2D eigenvalue weighted by atomic mass is 9.68. The molecule has 0 bridgehead atoms. The van der Waals surface area contributed by atoms with Gasteiger partial charge in [-0.15, -0.1) is 0 Å². The number of hydrogen-bond donors (Lipinski definition) is 1. The summed E-state index contributed by atoms with van der Waals surface area (Å²) in [5.74, 6) is -6.31. The van der Waals surface area contributed by atoms with E-state index in [2.05, 4.69) is 10.4 Å². The lowest BCUT2D eigenvalue weighted by Gasteiger charge is -2.29. The summed E-state index contributed by atoms with van der Waals surface area (Å²) >= 11 is 0. The molecule has 0 spiro atoms. The molecule has 1 aromatic rings. The summed E-state index contributed by atoms with van der Waals surface area (Å²) in [4.78, 5) is 47.2. The van der Waals surface area contributed by atoms with Crippen molar-refractivity contribution in [1.82, 2.24) is 5.32 Å². The molecule has 2 rings (SSSR count). The van der Waals surface area contributed by atoms with Crippen molar-refractivity contribution in [1.29, 1.82) is 0 Å². The van der Waals surface area contributed by atoms with Crippen LogP contribution in [0.15, 0.2) is 11.2 Å². The van der Waals surface area contributed by atoms with Crippen molar-refractivity contribution in [3.05, 3.63) is 33.7 Å². The fourth-order valence-corrected chi connectivity index (χ4v) is 2.81. The number of fused-ring (bicyclic) bond motifs is 1. The monoisotopic (exact) mass is 440 g/mol. The van der Waals surface area contributed by atoms with E-state index >= 15 is 0 Å². The van der Waals surface area contributed by atoms with Gasteiger partial charge in [0.15, 0.2) is 11.6 Å². The number of hydrogen-bond acceptors (Lipinski definition) is 8. The first-order chi connectivity index (χ1) is 14.5. The zero-order valence-electron chi connectivity index (χ0n) is 17.6. The molecule has 1 aliphatic heterocycles. The van der Waals surface area contributed by atoms with Crippen LogP contribution in [0.4, 0.5) is 8.78 Å². The Morgan fingerprint density at radius 1 is 1.29 bits per heavy atom. The van der Waals surface area contributed by atoms with Crippen LogP contribution in [0.5, 0.6) is 5.75 Å². The first-order valence-corrected chi connectivity index (χ1v) is 9.63. The molecule has 1 N–H and O–H groups in total. The molecule has 0 aliphatic carbocycles. The number of rotatable bonds is 7. The molecular formula is C19H23BF2N2O7. The second-order valence-corrected chi connectivity index (χ2v) is 8.00. The number of amides is 1. The Balaban J connectivity index is 2.26. The highest BCUT2D eigenvalue weighted by Crippen LogP contribution is 2.35. The van der Waals surface area contributed by atoms with Crippen LogP contribution >= 0.6 is 0 Å². The molecule has 0 fully saturated rings. The average Bonchev–Trinajstić information content (AvgIpc) is 2.69. The van der Waals surface area contributed by atoms with Gasteiger partial charge in [-0.05, 0) is 39.7 Å². The number of benzene rings is 1. The van der Waals surface area contributed by atoms with Gasteiger partial charge in [-0.2, -0.15) is 4.91 Å². The van der Waals surface area contributed by atoms with Crippen molar-refractivity contribution in [3.8, 4) is 5.75 Å². The van der Waals surface area contributed by atoms with Crippen molar-refractivity contribution in [2.45, 2.75) is 52.9 Å². The maximum atomic E-state index is 14.4. The Kier molecular flexibility index (Phi) is 7.69. The smallest absolute Gasteiger partial charge is 0.536 e. The summed E-state index contributed by atoms with van der Waals surface area (Å²) in [6, 6.07) is 0.555. The predicted octanol–water partition coefficient (Wildman–Crippen LogP) is 2.68. The van der Waals surface area contributed by atoms with Crippen molar-refractivity contribution in [2.75, 3.05) is 6.79 Å². The second-order valence-electron chi connectivity index (χ2n) is 8.00.